The molecule has 2 fully saturated rings. The van der Waals surface area contributed by atoms with Crippen molar-refractivity contribution in [2.24, 2.45) is 5.73 Å². The molecule has 2 aromatic rings. The van der Waals surface area contributed by atoms with Crippen molar-refractivity contribution in [3.8, 4) is 0 Å². The Hall–Kier alpha value is -2.19. The van der Waals surface area contributed by atoms with Crippen LogP contribution < -0.4 is 17.0 Å². The second-order valence-electron chi connectivity index (χ2n) is 7.28. The van der Waals surface area contributed by atoms with Crippen molar-refractivity contribution in [3.63, 3.8) is 0 Å². The van der Waals surface area contributed by atoms with Crippen molar-refractivity contribution in [1.82, 2.24) is 19.4 Å². The zero-order chi connectivity index (χ0) is 18.4. The van der Waals surface area contributed by atoms with Crippen LogP contribution in [0.3, 0.4) is 0 Å². The van der Waals surface area contributed by atoms with Crippen LogP contribution in [0.2, 0.25) is 0 Å². The normalized spacial score (nSPS) is 19.3. The van der Waals surface area contributed by atoms with Crippen LogP contribution in [0.25, 0.3) is 11.0 Å². The number of H-pyrrole nitrogens is 1. The number of nitrogens with one attached hydrogen (secondary N) is 1. The van der Waals surface area contributed by atoms with E-state index in [0.29, 0.717) is 36.8 Å². The number of carbonyl (C=O) groups excluding carboxylic acids is 1. The van der Waals surface area contributed by atoms with Crippen molar-refractivity contribution in [2.45, 2.75) is 51.1 Å². The van der Waals surface area contributed by atoms with Gasteiger partial charge in [-0.25, -0.2) is 9.78 Å². The van der Waals surface area contributed by atoms with Gasteiger partial charge in [0.05, 0.1) is 10.9 Å². The summed E-state index contributed by atoms with van der Waals surface area (Å²) in [6.07, 6.45) is 3.51. The highest BCUT2D eigenvalue weighted by molar-refractivity contribution is 6.05. The highest BCUT2D eigenvalue weighted by Gasteiger charge is 2.31. The summed E-state index contributed by atoms with van der Waals surface area (Å²) in [5.41, 5.74) is 6.34. The first kappa shape index (κ1) is 19.6. The second kappa shape index (κ2) is 7.44. The zero-order valence-corrected chi connectivity index (χ0v) is 16.1. The van der Waals surface area contributed by atoms with E-state index in [1.165, 1.54) is 4.57 Å². The molecule has 3 heterocycles. The lowest BCUT2D eigenvalue weighted by molar-refractivity contribution is 0.0792. The maximum absolute atomic E-state index is 13.1. The van der Waals surface area contributed by atoms with E-state index in [-0.39, 0.29) is 29.7 Å². The first-order valence-corrected chi connectivity index (χ1v) is 9.22. The van der Waals surface area contributed by atoms with Gasteiger partial charge in [0.1, 0.15) is 0 Å². The van der Waals surface area contributed by atoms with Crippen molar-refractivity contribution in [3.05, 3.63) is 38.2 Å². The van der Waals surface area contributed by atoms with E-state index in [0.717, 1.165) is 31.4 Å². The molecule has 1 aliphatic heterocycles. The van der Waals surface area contributed by atoms with E-state index in [9.17, 15) is 14.4 Å². The first-order valence-electron chi connectivity index (χ1n) is 9.22. The molecular weight excluding hydrogens is 370 g/mol. The SMILES string of the molecule is CCCn1c(=O)[nH]c(=O)c2c(C(=O)N3CC[C@@H](N)C3)cc(C3CC3)nc21.Cl. The number of halogens is 1. The van der Waals surface area contributed by atoms with Crippen molar-refractivity contribution >= 4 is 29.3 Å². The third-order valence-corrected chi connectivity index (χ3v) is 5.15. The van der Waals surface area contributed by atoms with E-state index in [1.807, 2.05) is 6.92 Å². The number of amides is 1. The molecule has 27 heavy (non-hydrogen) atoms. The third kappa shape index (κ3) is 3.51. The molecule has 3 N–H and O–H groups in total. The summed E-state index contributed by atoms with van der Waals surface area (Å²) in [6.45, 7) is 3.45. The van der Waals surface area contributed by atoms with Crippen molar-refractivity contribution in [2.75, 3.05) is 13.1 Å². The van der Waals surface area contributed by atoms with Gasteiger partial charge in [0.25, 0.3) is 11.5 Å². The Bertz CT molecular complexity index is 995. The van der Waals surface area contributed by atoms with Gasteiger partial charge in [-0.3, -0.25) is 19.1 Å². The van der Waals surface area contributed by atoms with Gasteiger partial charge < -0.3 is 10.6 Å². The number of aryl methyl sites for hydroxylation is 1. The maximum atomic E-state index is 13.1. The van der Waals surface area contributed by atoms with Gasteiger partial charge in [-0.05, 0) is 31.7 Å². The molecule has 1 amide bonds. The molecule has 0 unspecified atom stereocenters. The lowest BCUT2D eigenvalue weighted by Crippen LogP contribution is -2.35. The fourth-order valence-electron chi connectivity index (χ4n) is 3.62. The predicted molar refractivity (Wildman–Crippen MR) is 105 cm³/mol. The Kier molecular flexibility index (Phi) is 5.39. The monoisotopic (exact) mass is 393 g/mol. The molecule has 1 aliphatic carbocycles. The number of aromatic amines is 1. The Labute approximate surface area is 162 Å². The summed E-state index contributed by atoms with van der Waals surface area (Å²) in [5.74, 6) is 0.0932. The Morgan fingerprint density at radius 3 is 2.67 bits per heavy atom. The van der Waals surface area contributed by atoms with Crippen LogP contribution in [0.15, 0.2) is 15.7 Å². The standard InChI is InChI=1S/C18H23N5O3.ClH/c1-2-6-23-15-14(16(24)21-18(23)26)12(8-13(20-15)10-3-4-10)17(25)22-7-5-11(19)9-22;/h8,10-11H,2-7,9,19H2,1H3,(H,21,24,26);1H/t11-;/m1./s1. The summed E-state index contributed by atoms with van der Waals surface area (Å²) in [5, 5.41) is 0.202. The number of fused-ring (bicyclic) bond motifs is 1. The topological polar surface area (TPSA) is 114 Å². The van der Waals surface area contributed by atoms with E-state index in [2.05, 4.69) is 9.97 Å². The molecule has 4 rings (SSSR count). The van der Waals surface area contributed by atoms with Gasteiger partial charge in [0.2, 0.25) is 0 Å². The van der Waals surface area contributed by atoms with Gasteiger partial charge in [-0.2, -0.15) is 0 Å². The highest BCUT2D eigenvalue weighted by Crippen LogP contribution is 2.40. The molecule has 0 spiro atoms. The largest absolute Gasteiger partial charge is 0.337 e. The van der Waals surface area contributed by atoms with Crippen LogP contribution in [0, 0.1) is 0 Å². The summed E-state index contributed by atoms with van der Waals surface area (Å²) < 4.78 is 1.47. The van der Waals surface area contributed by atoms with Crippen molar-refractivity contribution in [1.29, 1.82) is 0 Å². The molecule has 1 atom stereocenters. The lowest BCUT2D eigenvalue weighted by atomic mass is 10.1. The molecule has 2 aliphatic rings. The molecule has 0 aromatic carbocycles. The number of nitrogens with two attached hydrogens (primary N) is 1. The van der Waals surface area contributed by atoms with Crippen LogP contribution >= 0.6 is 12.4 Å². The quantitative estimate of drug-likeness (QED) is 0.803. The second-order valence-corrected chi connectivity index (χ2v) is 7.28. The Balaban J connectivity index is 0.00000210. The molecule has 8 nitrogen and oxygen atoms in total. The van der Waals surface area contributed by atoms with E-state index in [4.69, 9.17) is 5.73 Å². The smallest absolute Gasteiger partial charge is 0.329 e. The average Bonchev–Trinajstić information content (AvgIpc) is 3.38. The van der Waals surface area contributed by atoms with Gasteiger partial charge in [0.15, 0.2) is 5.65 Å². The number of likely N-dealkylation sites (tertiary alicyclic amines) is 1. The van der Waals surface area contributed by atoms with Crippen LogP contribution in [0.1, 0.15) is 54.6 Å². The summed E-state index contributed by atoms with van der Waals surface area (Å²) in [4.78, 5) is 46.6. The molecule has 1 saturated heterocycles. The molecule has 2 aromatic heterocycles. The maximum Gasteiger partial charge on any atom is 0.329 e. The third-order valence-electron chi connectivity index (χ3n) is 5.15. The van der Waals surface area contributed by atoms with Gasteiger partial charge in [-0.15, -0.1) is 12.4 Å². The predicted octanol–water partition coefficient (Wildman–Crippen LogP) is 0.967. The van der Waals surface area contributed by atoms with Crippen LogP contribution in [-0.2, 0) is 6.54 Å². The Morgan fingerprint density at radius 1 is 1.33 bits per heavy atom. The Morgan fingerprint density at radius 2 is 2.07 bits per heavy atom. The van der Waals surface area contributed by atoms with E-state index >= 15 is 0 Å². The lowest BCUT2D eigenvalue weighted by Gasteiger charge is -2.18. The molecule has 1 saturated carbocycles. The summed E-state index contributed by atoms with van der Waals surface area (Å²) >= 11 is 0. The fourth-order valence-corrected chi connectivity index (χ4v) is 3.62. The molecule has 0 radical (unpaired) electrons. The average molecular weight is 394 g/mol. The number of nitrogens with zero attached hydrogens (tertiary/aromatic N) is 3. The minimum absolute atomic E-state index is 0. The number of aromatic nitrogens is 3. The number of pyridine rings is 1. The zero-order valence-electron chi connectivity index (χ0n) is 15.2. The van der Waals surface area contributed by atoms with Crippen LogP contribution in [0.4, 0.5) is 0 Å². The summed E-state index contributed by atoms with van der Waals surface area (Å²) in [6, 6.07) is 1.70. The van der Waals surface area contributed by atoms with Gasteiger partial charge in [0, 0.05) is 37.3 Å². The minimum Gasteiger partial charge on any atom is -0.337 e. The van der Waals surface area contributed by atoms with Crippen molar-refractivity contribution < 1.29 is 4.79 Å². The number of hydrogen-bond donors (Lipinski definition) is 2. The van der Waals surface area contributed by atoms with Crippen LogP contribution in [0.5, 0.6) is 0 Å². The van der Waals surface area contributed by atoms with Crippen LogP contribution in [-0.4, -0.2) is 44.5 Å². The van der Waals surface area contributed by atoms with Gasteiger partial charge >= 0.3 is 5.69 Å². The fraction of sp³-hybridized carbons (Fsp3) is 0.556. The highest BCUT2D eigenvalue weighted by atomic mass is 35.5. The van der Waals surface area contributed by atoms with E-state index in [1.54, 1.807) is 11.0 Å². The number of hydrogen-bond acceptors (Lipinski definition) is 5. The molecule has 0 bridgehead atoms. The molecule has 9 heteroatoms. The first-order chi connectivity index (χ1) is 12.5. The van der Waals surface area contributed by atoms with E-state index < -0.39 is 11.2 Å². The number of rotatable bonds is 4. The summed E-state index contributed by atoms with van der Waals surface area (Å²) in [7, 11) is 0. The molecular formula is C18H24ClN5O3. The van der Waals surface area contributed by atoms with Gasteiger partial charge in [-0.1, -0.05) is 6.92 Å². The number of carbonyl (C=O) groups is 1. The minimum atomic E-state index is -0.556. The molecule has 146 valence electrons.